The predicted octanol–water partition coefficient (Wildman–Crippen LogP) is 1.17. The van der Waals surface area contributed by atoms with Gasteiger partial charge in [-0.1, -0.05) is 32.0 Å². The molecule has 37 heavy (non-hydrogen) atoms. The highest BCUT2D eigenvalue weighted by Crippen LogP contribution is 2.63. The minimum Gasteiger partial charge on any atom is -0.455 e. The lowest BCUT2D eigenvalue weighted by atomic mass is 9.44. The molecule has 3 fully saturated rings. The van der Waals surface area contributed by atoms with Crippen molar-refractivity contribution in [3.8, 4) is 0 Å². The molecule has 0 radical (unpaired) electrons. The Kier molecular flexibility index (Phi) is 6.03. The van der Waals surface area contributed by atoms with E-state index in [0.29, 0.717) is 11.1 Å². The first-order valence-electron chi connectivity index (χ1n) is 12.7. The molecule has 4 N–H and O–H groups in total. The van der Waals surface area contributed by atoms with Crippen molar-refractivity contribution in [2.24, 2.45) is 16.7 Å². The largest absolute Gasteiger partial charge is 0.455 e. The number of benzene rings is 1. The fourth-order valence-electron chi connectivity index (χ4n) is 7.45. The zero-order valence-electron chi connectivity index (χ0n) is 21.8. The van der Waals surface area contributed by atoms with Gasteiger partial charge in [-0.25, -0.2) is 4.79 Å². The molecule has 5 rings (SSSR count). The van der Waals surface area contributed by atoms with Crippen molar-refractivity contribution in [3.05, 3.63) is 47.0 Å². The van der Waals surface area contributed by atoms with Crippen LogP contribution in [-0.2, 0) is 19.0 Å². The molecule has 0 spiro atoms. The van der Waals surface area contributed by atoms with Gasteiger partial charge >= 0.3 is 5.97 Å². The predicted molar refractivity (Wildman–Crippen MR) is 130 cm³/mol. The van der Waals surface area contributed by atoms with Crippen LogP contribution in [0.5, 0.6) is 0 Å². The van der Waals surface area contributed by atoms with Gasteiger partial charge in [0, 0.05) is 31.3 Å². The van der Waals surface area contributed by atoms with Gasteiger partial charge in [-0.15, -0.1) is 0 Å². The normalized spacial score (nSPS) is 44.6. The van der Waals surface area contributed by atoms with E-state index in [-0.39, 0.29) is 25.0 Å². The van der Waals surface area contributed by atoms with Crippen LogP contribution in [0, 0.1) is 16.7 Å². The van der Waals surface area contributed by atoms with Gasteiger partial charge in [0.2, 0.25) is 0 Å². The summed E-state index contributed by atoms with van der Waals surface area (Å²) < 4.78 is 17.4. The van der Waals surface area contributed by atoms with Crippen molar-refractivity contribution in [2.45, 2.75) is 82.3 Å². The average Bonchev–Trinajstić information content (AvgIpc) is 2.86. The smallest absolute Gasteiger partial charge is 0.338 e. The Labute approximate surface area is 216 Å². The molecule has 3 aliphatic carbocycles. The SMILES string of the molecule is CO[C@H]1C(=O)[C@@]2(C)C([C@H](OC(=O)c3ccccc3)[C@]3(O)C[C@H](O)C(C)=C1C3(C)C)[C@]1(O)CO[C@@H]1C[C@@H]2O. The number of carbonyl (C=O) groups is 2. The fourth-order valence-corrected chi connectivity index (χ4v) is 7.45. The quantitative estimate of drug-likeness (QED) is 0.344. The van der Waals surface area contributed by atoms with Crippen LogP contribution in [0.4, 0.5) is 0 Å². The number of carbonyl (C=O) groups excluding carboxylic acids is 2. The third kappa shape index (κ3) is 3.31. The van der Waals surface area contributed by atoms with Gasteiger partial charge in [0.15, 0.2) is 5.78 Å². The molecule has 9 atom stereocenters. The molecular formula is C28H36O9. The molecule has 2 saturated carbocycles. The van der Waals surface area contributed by atoms with Crippen LogP contribution in [0.1, 0.15) is 50.9 Å². The van der Waals surface area contributed by atoms with E-state index in [1.165, 1.54) is 14.0 Å². The maximum Gasteiger partial charge on any atom is 0.338 e. The average molecular weight is 517 g/mol. The highest BCUT2D eigenvalue weighted by molar-refractivity contribution is 5.94. The first-order chi connectivity index (χ1) is 17.2. The van der Waals surface area contributed by atoms with Crippen molar-refractivity contribution >= 4 is 11.8 Å². The Balaban J connectivity index is 1.79. The van der Waals surface area contributed by atoms with Gasteiger partial charge in [-0.2, -0.15) is 0 Å². The molecule has 1 unspecified atom stereocenters. The molecule has 1 aromatic carbocycles. The maximum atomic E-state index is 14.4. The summed E-state index contributed by atoms with van der Waals surface area (Å²) in [6.07, 6.45) is -6.15. The number of aliphatic hydroxyl groups excluding tert-OH is 2. The van der Waals surface area contributed by atoms with Crippen molar-refractivity contribution in [1.82, 2.24) is 0 Å². The number of ketones is 1. The van der Waals surface area contributed by atoms with Crippen LogP contribution in [0.25, 0.3) is 0 Å². The van der Waals surface area contributed by atoms with Crippen molar-refractivity contribution < 1.29 is 44.2 Å². The van der Waals surface area contributed by atoms with Crippen molar-refractivity contribution in [3.63, 3.8) is 0 Å². The highest BCUT2D eigenvalue weighted by atomic mass is 16.6. The molecule has 9 heteroatoms. The van der Waals surface area contributed by atoms with Gasteiger partial charge in [0.05, 0.1) is 35.9 Å². The Morgan fingerprint density at radius 1 is 1.11 bits per heavy atom. The molecule has 2 bridgehead atoms. The number of methoxy groups -OCH3 is 1. The molecule has 1 aromatic rings. The van der Waals surface area contributed by atoms with Gasteiger partial charge in [-0.3, -0.25) is 4.79 Å². The number of hydrogen-bond acceptors (Lipinski definition) is 9. The Hall–Kier alpha value is -2.14. The Morgan fingerprint density at radius 3 is 2.32 bits per heavy atom. The zero-order valence-corrected chi connectivity index (χ0v) is 21.8. The summed E-state index contributed by atoms with van der Waals surface area (Å²) in [4.78, 5) is 27.8. The van der Waals surface area contributed by atoms with Crippen LogP contribution in [0.2, 0.25) is 0 Å². The number of esters is 1. The second kappa shape index (κ2) is 8.43. The Morgan fingerprint density at radius 2 is 1.76 bits per heavy atom. The summed E-state index contributed by atoms with van der Waals surface area (Å²) in [6.45, 7) is 6.52. The monoisotopic (exact) mass is 516 g/mol. The molecule has 1 aliphatic heterocycles. The number of ether oxygens (including phenoxy) is 3. The first kappa shape index (κ1) is 26.5. The number of fused-ring (bicyclic) bond motifs is 5. The van der Waals surface area contributed by atoms with E-state index in [1.54, 1.807) is 51.1 Å². The molecule has 4 aliphatic rings. The van der Waals surface area contributed by atoms with Crippen LogP contribution >= 0.6 is 0 Å². The summed E-state index contributed by atoms with van der Waals surface area (Å²) in [6, 6.07) is 8.23. The number of hydrogen-bond donors (Lipinski definition) is 4. The molecule has 0 amide bonds. The third-order valence-corrected chi connectivity index (χ3v) is 9.86. The lowest BCUT2D eigenvalue weighted by molar-refractivity contribution is -0.343. The summed E-state index contributed by atoms with van der Waals surface area (Å²) in [5, 5.41) is 47.1. The van der Waals surface area contributed by atoms with Crippen LogP contribution < -0.4 is 0 Å². The van der Waals surface area contributed by atoms with E-state index in [2.05, 4.69) is 0 Å². The Bertz CT molecular complexity index is 1150. The minimum atomic E-state index is -1.94. The van der Waals surface area contributed by atoms with E-state index in [4.69, 9.17) is 14.2 Å². The lowest BCUT2D eigenvalue weighted by Gasteiger charge is -2.67. The minimum absolute atomic E-state index is 0.00645. The zero-order chi connectivity index (χ0) is 27.1. The standard InChI is InChI=1S/C28H36O9/c1-14-16(29)12-28(34)23(37-24(32)15-9-7-6-8-10-15)21-26(4,17(30)11-18-27(21,33)13-36-18)22(31)20(35-5)19(14)25(28,2)3/h6-10,16-18,20-21,23,29-30,33-34H,11-13H2,1-5H3/t16-,17-,18+,20+,21?,23-,26+,27-,28+/m0/s1. The second-order valence-electron chi connectivity index (χ2n) is 11.8. The van der Waals surface area contributed by atoms with E-state index >= 15 is 0 Å². The summed E-state index contributed by atoms with van der Waals surface area (Å²) in [5.41, 5.74) is -5.42. The molecule has 9 nitrogen and oxygen atoms in total. The lowest BCUT2D eigenvalue weighted by Crippen LogP contribution is -2.81. The second-order valence-corrected chi connectivity index (χ2v) is 11.8. The van der Waals surface area contributed by atoms with Crippen LogP contribution in [-0.4, -0.2) is 87.6 Å². The molecular weight excluding hydrogens is 480 g/mol. The van der Waals surface area contributed by atoms with E-state index in [9.17, 15) is 30.0 Å². The molecule has 1 heterocycles. The summed E-state index contributed by atoms with van der Waals surface area (Å²) in [5.74, 6) is -2.52. The number of Topliss-reactive ketones (excluding diaryl/α,β-unsaturated/α-hetero) is 1. The van der Waals surface area contributed by atoms with E-state index < -0.39 is 70.2 Å². The molecule has 1 saturated heterocycles. The van der Waals surface area contributed by atoms with Gasteiger partial charge in [0.1, 0.15) is 23.4 Å². The summed E-state index contributed by atoms with van der Waals surface area (Å²) >= 11 is 0. The summed E-state index contributed by atoms with van der Waals surface area (Å²) in [7, 11) is 1.37. The number of aliphatic hydroxyl groups is 4. The van der Waals surface area contributed by atoms with Crippen LogP contribution in [0.15, 0.2) is 41.5 Å². The molecule has 0 aromatic heterocycles. The fraction of sp³-hybridized carbons (Fsp3) is 0.643. The highest BCUT2D eigenvalue weighted by Gasteiger charge is 2.76. The third-order valence-electron chi connectivity index (χ3n) is 9.86. The topological polar surface area (TPSA) is 143 Å². The van der Waals surface area contributed by atoms with Gasteiger partial charge in [0.25, 0.3) is 0 Å². The van der Waals surface area contributed by atoms with Crippen molar-refractivity contribution in [1.29, 1.82) is 0 Å². The van der Waals surface area contributed by atoms with E-state index in [1.807, 2.05) is 0 Å². The van der Waals surface area contributed by atoms with Gasteiger partial charge in [-0.05, 0) is 37.1 Å². The first-order valence-corrected chi connectivity index (χ1v) is 12.7. The van der Waals surface area contributed by atoms with Crippen molar-refractivity contribution in [2.75, 3.05) is 13.7 Å². The molecule has 202 valence electrons. The van der Waals surface area contributed by atoms with E-state index in [0.717, 1.165) is 0 Å². The van der Waals surface area contributed by atoms with Gasteiger partial charge < -0.3 is 34.6 Å². The number of rotatable bonds is 3. The van der Waals surface area contributed by atoms with Crippen LogP contribution in [0.3, 0.4) is 0 Å². The maximum absolute atomic E-state index is 14.4.